The van der Waals surface area contributed by atoms with Crippen molar-refractivity contribution in [2.45, 2.75) is 180 Å². The highest BCUT2D eigenvalue weighted by Crippen LogP contribution is 2.58. The van der Waals surface area contributed by atoms with Gasteiger partial charge in [0, 0.05) is 85.6 Å². The molecule has 4 N–H and O–H groups in total. The molecule has 6 aliphatic carbocycles. The number of alkyl halides is 12. The lowest BCUT2D eigenvalue weighted by molar-refractivity contribution is -0.344. The van der Waals surface area contributed by atoms with Gasteiger partial charge in [-0.25, -0.2) is 0 Å². The topological polar surface area (TPSA) is 115 Å². The quantitative estimate of drug-likeness (QED) is 0.0654. The summed E-state index contributed by atoms with van der Waals surface area (Å²) in [5, 5.41) is 40.2. The van der Waals surface area contributed by atoms with Gasteiger partial charge in [0.1, 0.15) is 12.9 Å². The zero-order chi connectivity index (χ0) is 66.9. The van der Waals surface area contributed by atoms with Crippen LogP contribution >= 0.6 is 44.4 Å². The third-order valence-corrected chi connectivity index (χ3v) is 21.7. The van der Waals surface area contributed by atoms with Crippen LogP contribution in [0.25, 0.3) is 0 Å². The molecule has 4 unspecified atom stereocenters. The minimum atomic E-state index is -5.96. The molecule has 0 amide bonds. The first kappa shape index (κ1) is 75.8. The smallest absolute Gasteiger partial charge is 0.393 e. The summed E-state index contributed by atoms with van der Waals surface area (Å²) < 4.78 is 167. The van der Waals surface area contributed by atoms with Gasteiger partial charge in [0.15, 0.2) is 0 Å². The molecule has 0 aliphatic heterocycles. The Hall–Kier alpha value is -3.90. The van der Waals surface area contributed by atoms with Crippen molar-refractivity contribution in [3.8, 4) is 23.7 Å². The number of fused-ring (bicyclic) bond motifs is 2. The van der Waals surface area contributed by atoms with Crippen LogP contribution in [0.5, 0.6) is 0 Å². The number of benzene rings is 2. The molecule has 10 atom stereocenters. The second-order valence-corrected chi connectivity index (χ2v) is 27.9. The third kappa shape index (κ3) is 17.3. The lowest BCUT2D eigenvalue weighted by Crippen LogP contribution is -2.55. The number of hydrogen-bond donors (Lipinski definition) is 4. The molecule has 2 aromatic carbocycles. The van der Waals surface area contributed by atoms with E-state index < -0.39 is 66.6 Å². The van der Waals surface area contributed by atoms with E-state index in [1.165, 1.54) is 23.1 Å². The molecule has 2 aromatic rings. The summed E-state index contributed by atoms with van der Waals surface area (Å²) in [7, 11) is -2.67. The number of Topliss-reactive ketones (excluding diaryl/α,β-unsaturated/α-hetero) is 1. The van der Waals surface area contributed by atoms with Crippen LogP contribution in [0.1, 0.15) is 131 Å². The number of aliphatic hydroxyl groups excluding tert-OH is 2. The van der Waals surface area contributed by atoms with E-state index in [1.54, 1.807) is 13.8 Å². The fraction of sp³-hybridized carbons (Fsp3) is 0.544. The van der Waals surface area contributed by atoms with Gasteiger partial charge >= 0.3 is 35.9 Å². The maximum atomic E-state index is 14.1. The van der Waals surface area contributed by atoms with E-state index in [9.17, 15) is 77.4 Å². The number of carbonyl (C=O) groups is 1. The minimum absolute atomic E-state index is 0.127. The van der Waals surface area contributed by atoms with Crippen molar-refractivity contribution in [1.82, 2.24) is 0 Å². The predicted octanol–water partition coefficient (Wildman–Crippen LogP) is 17.8. The van der Waals surface area contributed by atoms with Gasteiger partial charge in [-0.15, -0.1) is 0 Å². The van der Waals surface area contributed by atoms with Crippen molar-refractivity contribution in [2.24, 2.45) is 46.3 Å². The highest BCUT2D eigenvalue weighted by molar-refractivity contribution is 15.0. The fourth-order valence-electron chi connectivity index (χ4n) is 13.7. The summed E-state index contributed by atoms with van der Waals surface area (Å²) >= 11 is 4.24. The van der Waals surface area contributed by atoms with Crippen LogP contribution in [0, 0.1) is 70.0 Å². The molecule has 89 heavy (non-hydrogen) atoms. The molecule has 21 heteroatoms. The highest BCUT2D eigenvalue weighted by atomic mass is 128. The summed E-state index contributed by atoms with van der Waals surface area (Å²) in [6.07, 6.45) is -6.57. The Kier molecular flexibility index (Phi) is 25.9. The molecular weight excluding hydrogens is 1430 g/mol. The van der Waals surface area contributed by atoms with E-state index in [-0.39, 0.29) is 48.2 Å². The molecule has 4 saturated carbocycles. The minimum Gasteiger partial charge on any atom is -0.393 e. The van der Waals surface area contributed by atoms with Gasteiger partial charge in [0.2, 0.25) is 0 Å². The Morgan fingerprint density at radius 2 is 1.09 bits per heavy atom. The first-order valence-electron chi connectivity index (χ1n) is 29.6. The highest BCUT2D eigenvalue weighted by Gasteiger charge is 2.71. The van der Waals surface area contributed by atoms with Crippen LogP contribution in [0.3, 0.4) is 0 Å². The Balaban J connectivity index is 0.000000245. The molecule has 4 fully saturated rings. The first-order chi connectivity index (χ1) is 41.3. The third-order valence-electron chi connectivity index (χ3n) is 18.7. The maximum absolute atomic E-state index is 14.1. The lowest BCUT2D eigenvalue weighted by atomic mass is 9.62. The largest absolute Gasteiger partial charge is 0.438 e. The van der Waals surface area contributed by atoms with Crippen molar-refractivity contribution in [3.63, 3.8) is 0 Å². The number of aliphatic hydroxyl groups is 4. The number of carbonyl (C=O) groups excluding carboxylic acids is 1. The molecule has 0 bridgehead atoms. The van der Waals surface area contributed by atoms with Gasteiger partial charge in [-0.1, -0.05) is 174 Å². The Morgan fingerprint density at radius 1 is 0.652 bits per heavy atom. The molecule has 0 saturated heterocycles. The van der Waals surface area contributed by atoms with Crippen LogP contribution in [0.2, 0.25) is 0 Å². The number of halogens is 14. The number of ketones is 1. The monoisotopic (exact) mass is 1500 g/mol. The maximum Gasteiger partial charge on any atom is 0.438 e. The number of hydrogen-bond acceptors (Lipinski definition) is 6. The van der Waals surface area contributed by atoms with Gasteiger partial charge in [-0.3, -0.25) is 4.79 Å². The van der Waals surface area contributed by atoms with E-state index in [2.05, 4.69) is 77.2 Å². The Bertz CT molecular complexity index is 3100. The molecule has 0 spiro atoms. The van der Waals surface area contributed by atoms with Crippen LogP contribution < -0.4 is 10.6 Å². The summed E-state index contributed by atoms with van der Waals surface area (Å²) in [5.41, 5.74) is -3.94. The van der Waals surface area contributed by atoms with Gasteiger partial charge in [0.05, 0.1) is 12.2 Å². The number of allylic oxidation sites excluding steroid dienone is 10. The number of rotatable bonds is 9. The standard InChI is InChI=1S/C27H32F6O3.C23H27OP.C18H20F6O2.I2/c1-16(6-4-13-25(36,26(28,29)30)27(31,32)33)21-10-11-22-18(7-5-12-24(21,22)3)8-9-19-14-20(34)15-23(35)17(19)2;1-18-16-19(2)20(3)21(17-18)14-15-25(24,22-10-6-4-7-11-22)23-12-8-5-9-13-23;1-11(5-3-10-16(26,17(19,20)21)18(22,23)24)12-7-8-13-14(25)6-4-9-15(12,13)2;1-2/h8-10,16,20,22-23,34-36H,2,5-7,11-12,14-15H2,1,3H3;4-14,18-19H,3,15-17H2,1-2H3;7,11,13,26H,4-6,8-9H2,1-2H3;/b18-8+,19-9-;21-14-;;/t16-,20?,22?,23?,24-;18-,19+;11-,13?,15-;/m111./s1. The molecule has 6 nitrogen and oxygen atoms in total. The van der Waals surface area contributed by atoms with Gasteiger partial charge in [0.25, 0.3) is 0 Å². The van der Waals surface area contributed by atoms with Crippen molar-refractivity contribution in [3.05, 3.63) is 143 Å². The average Bonchev–Trinajstić information content (AvgIpc) is 1.74. The van der Waals surface area contributed by atoms with E-state index in [0.29, 0.717) is 55.7 Å². The van der Waals surface area contributed by atoms with E-state index in [0.717, 1.165) is 71.3 Å². The Morgan fingerprint density at radius 3 is 1.55 bits per heavy atom. The second kappa shape index (κ2) is 30.5. The van der Waals surface area contributed by atoms with E-state index in [1.807, 2.05) is 104 Å². The summed E-state index contributed by atoms with van der Waals surface area (Å²) in [6, 6.07) is 19.8. The zero-order valence-electron chi connectivity index (χ0n) is 50.6. The molecule has 0 heterocycles. The van der Waals surface area contributed by atoms with Crippen molar-refractivity contribution in [2.75, 3.05) is 6.16 Å². The predicted molar refractivity (Wildman–Crippen MR) is 343 cm³/mol. The normalized spacial score (nSPS) is 28.0. The second-order valence-electron chi connectivity index (χ2n) is 25.0. The molecule has 490 valence electrons. The molecule has 8 rings (SSSR count). The molecule has 0 aromatic heterocycles. The van der Waals surface area contributed by atoms with Crippen molar-refractivity contribution < 1.29 is 82.5 Å². The van der Waals surface area contributed by atoms with Gasteiger partial charge < -0.3 is 25.0 Å². The van der Waals surface area contributed by atoms with Gasteiger partial charge in [-0.2, -0.15) is 52.7 Å². The molecule has 6 aliphatic rings. The SMILES string of the molecule is C=C1/C(=C\C=C2/CCC[C@]3(C)C([C@H](C)CC#CC(O)(C(F)(F)F)C(F)(F)F)=CCC23)CC(O)CC1O.C=C1/C(=C\CP(=O)(c2ccccc2)c2ccccc2)C[C@H](C)C[C@@H]1C.C[C@H](CC#CC(O)(C(F)(F)F)C(F)(F)F)C1=CCC2C(=O)CCC[C@]12C.II. The lowest BCUT2D eigenvalue weighted by Gasteiger charge is -2.42. The zero-order valence-corrected chi connectivity index (χ0v) is 55.9. The van der Waals surface area contributed by atoms with Crippen LogP contribution in [-0.2, 0) is 9.36 Å². The Labute approximate surface area is 538 Å². The van der Waals surface area contributed by atoms with Crippen LogP contribution in [-0.4, -0.2) is 80.5 Å². The first-order valence-corrected chi connectivity index (χ1v) is 37.8. The summed E-state index contributed by atoms with van der Waals surface area (Å²) in [6.45, 7) is 20.1. The summed E-state index contributed by atoms with van der Waals surface area (Å²) in [5.74, 6) is 6.35. The summed E-state index contributed by atoms with van der Waals surface area (Å²) in [4.78, 5) is 12.1. The average molecular weight is 1510 g/mol. The van der Waals surface area contributed by atoms with E-state index >= 15 is 0 Å². The van der Waals surface area contributed by atoms with Gasteiger partial charge in [-0.05, 0) is 139 Å². The van der Waals surface area contributed by atoms with Crippen LogP contribution in [0.4, 0.5) is 52.7 Å². The van der Waals surface area contributed by atoms with Crippen molar-refractivity contribution in [1.29, 1.82) is 0 Å². The molecular formula is C68H79F12I2O6P. The van der Waals surface area contributed by atoms with Crippen molar-refractivity contribution >= 4 is 60.8 Å². The van der Waals surface area contributed by atoms with E-state index in [4.69, 9.17) is 5.11 Å². The van der Waals surface area contributed by atoms with Crippen LogP contribution in [0.15, 0.2) is 143 Å². The fourth-order valence-corrected chi connectivity index (χ4v) is 16.2. The molecule has 0 radical (unpaired) electrons.